The molecule has 0 saturated heterocycles. The molecule has 0 bridgehead atoms. The number of methoxy groups -OCH3 is 1. The van der Waals surface area contributed by atoms with Crippen LogP contribution in [-0.2, 0) is 11.2 Å². The molecule has 0 aromatic heterocycles. The van der Waals surface area contributed by atoms with Crippen molar-refractivity contribution in [3.63, 3.8) is 0 Å². The number of hydrogen-bond donors (Lipinski definition) is 0. The van der Waals surface area contributed by atoms with Gasteiger partial charge in [-0.1, -0.05) is 43.8 Å². The molecule has 1 nitrogen and oxygen atoms in total. The summed E-state index contributed by atoms with van der Waals surface area (Å²) in [5.74, 6) is 0.618. The van der Waals surface area contributed by atoms with Gasteiger partial charge in [-0.15, -0.1) is 0 Å². The van der Waals surface area contributed by atoms with E-state index in [1.165, 1.54) is 17.5 Å². The molecule has 15 heavy (non-hydrogen) atoms. The van der Waals surface area contributed by atoms with Crippen LogP contribution >= 0.6 is 0 Å². The van der Waals surface area contributed by atoms with Gasteiger partial charge in [-0.25, -0.2) is 0 Å². The van der Waals surface area contributed by atoms with Gasteiger partial charge in [-0.3, -0.25) is 0 Å². The fourth-order valence-corrected chi connectivity index (χ4v) is 1.73. The van der Waals surface area contributed by atoms with E-state index in [0.717, 1.165) is 13.0 Å². The SMILES string of the molecule is C=Cc1ccccc1CC[C@@H](C)COC. The Morgan fingerprint density at radius 1 is 1.40 bits per heavy atom. The molecule has 1 rings (SSSR count). The van der Waals surface area contributed by atoms with Gasteiger partial charge in [-0.2, -0.15) is 0 Å². The molecular formula is C14H20O. The van der Waals surface area contributed by atoms with Gasteiger partial charge < -0.3 is 4.74 Å². The number of aryl methyl sites for hydroxylation is 1. The van der Waals surface area contributed by atoms with Crippen LogP contribution in [0.5, 0.6) is 0 Å². The second kappa shape index (κ2) is 6.41. The lowest BCUT2D eigenvalue weighted by Crippen LogP contribution is -2.05. The predicted molar refractivity (Wildman–Crippen MR) is 65.9 cm³/mol. The first-order chi connectivity index (χ1) is 7.27. The van der Waals surface area contributed by atoms with Crippen LogP contribution in [0.1, 0.15) is 24.5 Å². The van der Waals surface area contributed by atoms with Gasteiger partial charge in [0, 0.05) is 13.7 Å². The smallest absolute Gasteiger partial charge is 0.0487 e. The summed E-state index contributed by atoms with van der Waals surface area (Å²) < 4.78 is 5.13. The van der Waals surface area contributed by atoms with Crippen LogP contribution in [0.15, 0.2) is 30.8 Å². The average Bonchev–Trinajstić information content (AvgIpc) is 2.27. The Hall–Kier alpha value is -1.08. The van der Waals surface area contributed by atoms with Crippen LogP contribution in [-0.4, -0.2) is 13.7 Å². The molecule has 0 aliphatic heterocycles. The molecule has 0 radical (unpaired) electrons. The van der Waals surface area contributed by atoms with Crippen molar-refractivity contribution in [1.82, 2.24) is 0 Å². The second-order valence-electron chi connectivity index (χ2n) is 4.00. The van der Waals surface area contributed by atoms with Gasteiger partial charge in [0.2, 0.25) is 0 Å². The zero-order valence-electron chi connectivity index (χ0n) is 9.70. The lowest BCUT2D eigenvalue weighted by molar-refractivity contribution is 0.156. The minimum atomic E-state index is 0.618. The van der Waals surface area contributed by atoms with E-state index >= 15 is 0 Å². The van der Waals surface area contributed by atoms with Gasteiger partial charge in [-0.05, 0) is 29.9 Å². The van der Waals surface area contributed by atoms with Crippen molar-refractivity contribution in [3.8, 4) is 0 Å². The van der Waals surface area contributed by atoms with Gasteiger partial charge in [0.15, 0.2) is 0 Å². The summed E-state index contributed by atoms with van der Waals surface area (Å²) in [6.45, 7) is 6.90. The van der Waals surface area contributed by atoms with Crippen molar-refractivity contribution in [1.29, 1.82) is 0 Å². The Morgan fingerprint density at radius 3 is 2.80 bits per heavy atom. The Labute approximate surface area is 92.8 Å². The standard InChI is InChI=1S/C14H20O/c1-4-13-7-5-6-8-14(13)10-9-12(2)11-15-3/h4-8,12H,1,9-11H2,2-3H3/t12-/m1/s1. The van der Waals surface area contributed by atoms with E-state index in [1.54, 1.807) is 7.11 Å². The molecule has 82 valence electrons. The monoisotopic (exact) mass is 204 g/mol. The quantitative estimate of drug-likeness (QED) is 0.688. The molecule has 1 atom stereocenters. The van der Waals surface area contributed by atoms with E-state index in [4.69, 9.17) is 4.74 Å². The molecule has 0 unspecified atom stereocenters. The molecule has 0 heterocycles. The first-order valence-electron chi connectivity index (χ1n) is 5.47. The maximum Gasteiger partial charge on any atom is 0.0487 e. The Balaban J connectivity index is 2.53. The number of benzene rings is 1. The highest BCUT2D eigenvalue weighted by Gasteiger charge is 2.03. The lowest BCUT2D eigenvalue weighted by atomic mass is 9.98. The van der Waals surface area contributed by atoms with E-state index in [-0.39, 0.29) is 0 Å². The molecule has 0 aliphatic rings. The summed E-state index contributed by atoms with van der Waals surface area (Å²) in [6.07, 6.45) is 4.20. The normalized spacial score (nSPS) is 12.4. The van der Waals surface area contributed by atoms with Gasteiger partial charge >= 0.3 is 0 Å². The Morgan fingerprint density at radius 2 is 2.13 bits per heavy atom. The third-order valence-electron chi connectivity index (χ3n) is 2.63. The maximum absolute atomic E-state index is 5.13. The summed E-state index contributed by atoms with van der Waals surface area (Å²) in [7, 11) is 1.76. The zero-order valence-corrected chi connectivity index (χ0v) is 9.70. The van der Waals surface area contributed by atoms with Crippen molar-refractivity contribution in [2.24, 2.45) is 5.92 Å². The van der Waals surface area contributed by atoms with E-state index in [0.29, 0.717) is 5.92 Å². The van der Waals surface area contributed by atoms with Crippen LogP contribution in [0, 0.1) is 5.92 Å². The predicted octanol–water partition coefficient (Wildman–Crippen LogP) is 3.54. The fraction of sp³-hybridized carbons (Fsp3) is 0.429. The number of rotatable bonds is 6. The van der Waals surface area contributed by atoms with Crippen LogP contribution in [0.2, 0.25) is 0 Å². The van der Waals surface area contributed by atoms with Crippen LogP contribution < -0.4 is 0 Å². The van der Waals surface area contributed by atoms with Crippen LogP contribution in [0.4, 0.5) is 0 Å². The molecule has 1 heteroatoms. The highest BCUT2D eigenvalue weighted by molar-refractivity contribution is 5.51. The van der Waals surface area contributed by atoms with E-state index in [9.17, 15) is 0 Å². The third kappa shape index (κ3) is 3.88. The summed E-state index contributed by atoms with van der Waals surface area (Å²) in [4.78, 5) is 0. The average molecular weight is 204 g/mol. The van der Waals surface area contributed by atoms with Gasteiger partial charge in [0.1, 0.15) is 0 Å². The van der Waals surface area contributed by atoms with Gasteiger partial charge in [0.25, 0.3) is 0 Å². The van der Waals surface area contributed by atoms with Crippen molar-refractivity contribution in [2.75, 3.05) is 13.7 Å². The van der Waals surface area contributed by atoms with Crippen molar-refractivity contribution in [3.05, 3.63) is 42.0 Å². The molecule has 0 aliphatic carbocycles. The second-order valence-corrected chi connectivity index (χ2v) is 4.00. The van der Waals surface area contributed by atoms with Crippen LogP contribution in [0.3, 0.4) is 0 Å². The van der Waals surface area contributed by atoms with E-state index in [2.05, 4.69) is 37.8 Å². The number of hydrogen-bond acceptors (Lipinski definition) is 1. The van der Waals surface area contributed by atoms with Gasteiger partial charge in [0.05, 0.1) is 0 Å². The topological polar surface area (TPSA) is 9.23 Å². The molecule has 0 fully saturated rings. The highest BCUT2D eigenvalue weighted by atomic mass is 16.5. The lowest BCUT2D eigenvalue weighted by Gasteiger charge is -2.11. The summed E-state index contributed by atoms with van der Waals surface area (Å²) >= 11 is 0. The first-order valence-corrected chi connectivity index (χ1v) is 5.47. The van der Waals surface area contributed by atoms with E-state index in [1.807, 2.05) is 6.08 Å². The van der Waals surface area contributed by atoms with E-state index < -0.39 is 0 Å². The molecule has 0 saturated carbocycles. The number of ether oxygens (including phenoxy) is 1. The Kier molecular flexibility index (Phi) is 5.13. The van der Waals surface area contributed by atoms with Crippen LogP contribution in [0.25, 0.3) is 6.08 Å². The minimum Gasteiger partial charge on any atom is -0.384 e. The molecular weight excluding hydrogens is 184 g/mol. The Bertz CT molecular complexity index is 304. The maximum atomic E-state index is 5.13. The summed E-state index contributed by atoms with van der Waals surface area (Å²) in [5, 5.41) is 0. The molecule has 0 N–H and O–H groups in total. The first kappa shape index (κ1) is 12.0. The highest BCUT2D eigenvalue weighted by Crippen LogP contribution is 2.15. The largest absolute Gasteiger partial charge is 0.384 e. The molecule has 1 aromatic carbocycles. The summed E-state index contributed by atoms with van der Waals surface area (Å²) in [5.41, 5.74) is 2.64. The fourth-order valence-electron chi connectivity index (χ4n) is 1.73. The molecule has 1 aromatic rings. The zero-order chi connectivity index (χ0) is 11.1. The molecule has 0 spiro atoms. The van der Waals surface area contributed by atoms with Crippen molar-refractivity contribution >= 4 is 6.08 Å². The molecule has 0 amide bonds. The van der Waals surface area contributed by atoms with Crippen molar-refractivity contribution < 1.29 is 4.74 Å². The van der Waals surface area contributed by atoms with Crippen molar-refractivity contribution in [2.45, 2.75) is 19.8 Å². The minimum absolute atomic E-state index is 0.618. The summed E-state index contributed by atoms with van der Waals surface area (Å²) in [6, 6.07) is 8.43. The third-order valence-corrected chi connectivity index (χ3v) is 2.63.